The van der Waals surface area contributed by atoms with Gasteiger partial charge in [-0.1, -0.05) is 18.2 Å². The molecule has 5 rings (SSSR count). The zero-order chi connectivity index (χ0) is 18.2. The highest BCUT2D eigenvalue weighted by Crippen LogP contribution is 2.47. The Bertz CT molecular complexity index is 919. The first kappa shape index (κ1) is 16.5. The third kappa shape index (κ3) is 2.74. The number of H-pyrrole nitrogens is 1. The maximum absolute atomic E-state index is 10.2. The highest BCUT2D eigenvalue weighted by Gasteiger charge is 2.40. The van der Waals surface area contributed by atoms with Gasteiger partial charge in [-0.3, -0.25) is 5.10 Å². The van der Waals surface area contributed by atoms with Crippen molar-refractivity contribution in [1.29, 1.82) is 5.26 Å². The summed E-state index contributed by atoms with van der Waals surface area (Å²) in [5.41, 5.74) is 4.35. The molecule has 0 saturated carbocycles. The molecule has 6 heteroatoms. The zero-order valence-corrected chi connectivity index (χ0v) is 15.2. The number of ether oxygens (including phenoxy) is 1. The first-order chi connectivity index (χ1) is 13.4. The van der Waals surface area contributed by atoms with Crippen LogP contribution in [0.1, 0.15) is 41.9 Å². The first-order valence-corrected chi connectivity index (χ1v) is 9.83. The smallest absolute Gasteiger partial charge is 0.151 e. The Morgan fingerprint density at radius 2 is 2.07 bits per heavy atom. The van der Waals surface area contributed by atoms with Gasteiger partial charge in [-0.25, -0.2) is 4.99 Å². The lowest BCUT2D eigenvalue weighted by Gasteiger charge is -2.34. The average Bonchev–Trinajstić information content (AvgIpc) is 3.21. The molecule has 1 saturated heterocycles. The monoisotopic (exact) mass is 361 g/mol. The van der Waals surface area contributed by atoms with Gasteiger partial charge in [0.1, 0.15) is 5.75 Å². The van der Waals surface area contributed by atoms with Crippen molar-refractivity contribution in [3.8, 4) is 11.8 Å². The summed E-state index contributed by atoms with van der Waals surface area (Å²) in [6, 6.07) is 8.93. The van der Waals surface area contributed by atoms with Crippen LogP contribution in [0.5, 0.6) is 5.75 Å². The minimum Gasteiger partial charge on any atom is -0.493 e. The molecule has 6 nitrogen and oxygen atoms in total. The molecule has 0 spiro atoms. The topological polar surface area (TPSA) is 86.1 Å². The summed E-state index contributed by atoms with van der Waals surface area (Å²) < 4.78 is 6.08. The SMILES string of the molecule is N#CC1C(C2CCNCC2)=Nc2[nH]ncc2C1c1cccc2c1OCCC2. The normalized spacial score (nSPS) is 24.9. The van der Waals surface area contributed by atoms with Crippen LogP contribution in [-0.4, -0.2) is 35.6 Å². The molecule has 1 aromatic carbocycles. The Hall–Kier alpha value is -2.65. The molecule has 27 heavy (non-hydrogen) atoms. The lowest BCUT2D eigenvalue weighted by molar-refractivity contribution is 0.283. The number of aromatic amines is 1. The molecule has 0 amide bonds. The van der Waals surface area contributed by atoms with E-state index in [0.717, 1.165) is 73.8 Å². The molecular weight excluding hydrogens is 338 g/mol. The second kappa shape index (κ2) is 6.82. The van der Waals surface area contributed by atoms with Gasteiger partial charge in [0.05, 0.1) is 24.8 Å². The predicted octanol–water partition coefficient (Wildman–Crippen LogP) is 3.09. The fourth-order valence-corrected chi connectivity index (χ4v) is 4.76. The molecule has 0 aliphatic carbocycles. The largest absolute Gasteiger partial charge is 0.493 e. The summed E-state index contributed by atoms with van der Waals surface area (Å²) in [6.45, 7) is 2.69. The predicted molar refractivity (Wildman–Crippen MR) is 102 cm³/mol. The van der Waals surface area contributed by atoms with E-state index in [0.29, 0.717) is 5.92 Å². The fourth-order valence-electron chi connectivity index (χ4n) is 4.76. The molecule has 2 aromatic rings. The summed E-state index contributed by atoms with van der Waals surface area (Å²) in [4.78, 5) is 4.88. The number of nitrogens with one attached hydrogen (secondary N) is 2. The molecular formula is C21H23N5O. The molecule has 138 valence electrons. The van der Waals surface area contributed by atoms with E-state index in [4.69, 9.17) is 9.73 Å². The van der Waals surface area contributed by atoms with Crippen LogP contribution in [-0.2, 0) is 6.42 Å². The lowest BCUT2D eigenvalue weighted by Crippen LogP contribution is -2.37. The van der Waals surface area contributed by atoms with E-state index in [1.807, 2.05) is 6.20 Å². The number of aryl methyl sites for hydroxylation is 1. The van der Waals surface area contributed by atoms with Crippen molar-refractivity contribution in [2.24, 2.45) is 16.8 Å². The number of nitrogens with zero attached hydrogens (tertiary/aromatic N) is 3. The van der Waals surface area contributed by atoms with Crippen LogP contribution < -0.4 is 10.1 Å². The number of aromatic nitrogens is 2. The second-order valence-corrected chi connectivity index (χ2v) is 7.61. The fraction of sp³-hybridized carbons (Fsp3) is 0.476. The van der Waals surface area contributed by atoms with Crippen LogP contribution in [0.15, 0.2) is 29.4 Å². The Labute approximate surface area is 158 Å². The number of para-hydroxylation sites is 1. The quantitative estimate of drug-likeness (QED) is 0.861. The number of piperidine rings is 1. The number of rotatable bonds is 2. The molecule has 2 unspecified atom stereocenters. The van der Waals surface area contributed by atoms with Gasteiger partial charge >= 0.3 is 0 Å². The number of aliphatic imine (C=N–C) groups is 1. The zero-order valence-electron chi connectivity index (χ0n) is 15.2. The molecule has 1 aromatic heterocycles. The van der Waals surface area contributed by atoms with Crippen molar-refractivity contribution in [2.75, 3.05) is 19.7 Å². The van der Waals surface area contributed by atoms with Crippen molar-refractivity contribution >= 4 is 11.5 Å². The van der Waals surface area contributed by atoms with Gasteiger partial charge in [-0.05, 0) is 44.3 Å². The van der Waals surface area contributed by atoms with Crippen molar-refractivity contribution < 1.29 is 4.74 Å². The van der Waals surface area contributed by atoms with E-state index in [2.05, 4.69) is 39.8 Å². The third-order valence-electron chi connectivity index (χ3n) is 6.07. The average molecular weight is 361 g/mol. The summed E-state index contributed by atoms with van der Waals surface area (Å²) >= 11 is 0. The summed E-state index contributed by atoms with van der Waals surface area (Å²) in [5.74, 6) is 1.74. The van der Waals surface area contributed by atoms with Gasteiger partial charge < -0.3 is 10.1 Å². The summed E-state index contributed by atoms with van der Waals surface area (Å²) in [7, 11) is 0. The molecule has 3 aliphatic rings. The van der Waals surface area contributed by atoms with E-state index in [1.54, 1.807) is 0 Å². The highest BCUT2D eigenvalue weighted by atomic mass is 16.5. The third-order valence-corrected chi connectivity index (χ3v) is 6.07. The minimum absolute atomic E-state index is 0.0841. The minimum atomic E-state index is -0.282. The second-order valence-electron chi connectivity index (χ2n) is 7.61. The van der Waals surface area contributed by atoms with Crippen LogP contribution >= 0.6 is 0 Å². The standard InChI is InChI=1S/C21H23N5O/c22-11-16-18(15-5-1-3-14-4-2-10-27-20(14)15)17-12-24-26-21(17)25-19(16)13-6-8-23-9-7-13/h1,3,5,12-13,16,18,23H,2,4,6-10H2,(H,24,26). The maximum atomic E-state index is 10.2. The van der Waals surface area contributed by atoms with Crippen LogP contribution in [0.25, 0.3) is 0 Å². The lowest BCUT2D eigenvalue weighted by atomic mass is 9.72. The molecule has 1 fully saturated rings. The van der Waals surface area contributed by atoms with Gasteiger partial charge in [0.25, 0.3) is 0 Å². The van der Waals surface area contributed by atoms with Crippen LogP contribution in [0.2, 0.25) is 0 Å². The van der Waals surface area contributed by atoms with Crippen LogP contribution in [0.4, 0.5) is 5.82 Å². The number of hydrogen-bond acceptors (Lipinski definition) is 5. The molecule has 2 atom stereocenters. The van der Waals surface area contributed by atoms with Gasteiger partial charge in [0, 0.05) is 28.7 Å². The summed E-state index contributed by atoms with van der Waals surface area (Å²) in [5, 5.41) is 20.9. The van der Waals surface area contributed by atoms with Gasteiger partial charge in [0.2, 0.25) is 0 Å². The van der Waals surface area contributed by atoms with Crippen LogP contribution in [0, 0.1) is 23.2 Å². The van der Waals surface area contributed by atoms with E-state index < -0.39 is 0 Å². The van der Waals surface area contributed by atoms with Gasteiger partial charge in [-0.15, -0.1) is 0 Å². The molecule has 3 aliphatic heterocycles. The molecule has 4 heterocycles. The van der Waals surface area contributed by atoms with Crippen LogP contribution in [0.3, 0.4) is 0 Å². The van der Waals surface area contributed by atoms with E-state index in [-0.39, 0.29) is 11.8 Å². The van der Waals surface area contributed by atoms with Crippen molar-refractivity contribution in [3.63, 3.8) is 0 Å². The molecule has 0 bridgehead atoms. The Kier molecular flexibility index (Phi) is 4.17. The maximum Gasteiger partial charge on any atom is 0.151 e. The first-order valence-electron chi connectivity index (χ1n) is 9.83. The van der Waals surface area contributed by atoms with Crippen molar-refractivity contribution in [1.82, 2.24) is 15.5 Å². The molecule has 2 N–H and O–H groups in total. The Morgan fingerprint density at radius 1 is 1.19 bits per heavy atom. The Morgan fingerprint density at radius 3 is 2.93 bits per heavy atom. The Balaban J connectivity index is 1.64. The van der Waals surface area contributed by atoms with E-state index >= 15 is 0 Å². The number of fused-ring (bicyclic) bond motifs is 2. The number of hydrogen-bond donors (Lipinski definition) is 2. The van der Waals surface area contributed by atoms with Crippen molar-refractivity contribution in [2.45, 2.75) is 31.6 Å². The van der Waals surface area contributed by atoms with E-state index in [9.17, 15) is 5.26 Å². The summed E-state index contributed by atoms with van der Waals surface area (Å²) in [6.07, 6.45) is 5.95. The number of benzene rings is 1. The number of nitriles is 1. The highest BCUT2D eigenvalue weighted by molar-refractivity contribution is 5.96. The van der Waals surface area contributed by atoms with Gasteiger partial charge in [-0.2, -0.15) is 10.4 Å². The molecule has 0 radical (unpaired) electrons. The van der Waals surface area contributed by atoms with E-state index in [1.165, 1.54) is 5.56 Å². The van der Waals surface area contributed by atoms with Gasteiger partial charge in [0.15, 0.2) is 5.82 Å². The van der Waals surface area contributed by atoms with Crippen molar-refractivity contribution in [3.05, 3.63) is 41.1 Å².